The van der Waals surface area contributed by atoms with Crippen LogP contribution in [0, 0.1) is 11.7 Å². The first kappa shape index (κ1) is 20.2. The van der Waals surface area contributed by atoms with Crippen LogP contribution in [0.5, 0.6) is 0 Å². The number of nitrogens with zero attached hydrogens (tertiary/aromatic N) is 3. The van der Waals surface area contributed by atoms with Gasteiger partial charge in [0.25, 0.3) is 0 Å². The molecule has 2 unspecified atom stereocenters. The van der Waals surface area contributed by atoms with Crippen molar-refractivity contribution >= 4 is 35.6 Å². The number of guanidine groups is 1. The molecule has 1 heterocycles. The summed E-state index contributed by atoms with van der Waals surface area (Å²) in [7, 11) is 1.82. The Hall–Kier alpha value is -1.09. The summed E-state index contributed by atoms with van der Waals surface area (Å²) in [5.41, 5.74) is 1.11. The van der Waals surface area contributed by atoms with Crippen molar-refractivity contribution < 1.29 is 4.39 Å². The van der Waals surface area contributed by atoms with Crippen molar-refractivity contribution in [3.8, 4) is 0 Å². The van der Waals surface area contributed by atoms with E-state index >= 15 is 0 Å². The molecular formula is C18H29FIN5. The van der Waals surface area contributed by atoms with E-state index in [-0.39, 0.29) is 29.8 Å². The van der Waals surface area contributed by atoms with E-state index in [0.717, 1.165) is 56.8 Å². The Morgan fingerprint density at radius 3 is 2.40 bits per heavy atom. The van der Waals surface area contributed by atoms with Gasteiger partial charge in [-0.3, -0.25) is 9.89 Å². The molecule has 0 bridgehead atoms. The van der Waals surface area contributed by atoms with E-state index in [1.807, 2.05) is 19.2 Å². The predicted molar refractivity (Wildman–Crippen MR) is 113 cm³/mol. The van der Waals surface area contributed by atoms with E-state index < -0.39 is 0 Å². The van der Waals surface area contributed by atoms with Crippen molar-refractivity contribution in [2.24, 2.45) is 10.9 Å². The van der Waals surface area contributed by atoms with Crippen molar-refractivity contribution in [3.63, 3.8) is 0 Å². The molecule has 0 amide bonds. The van der Waals surface area contributed by atoms with E-state index in [1.165, 1.54) is 18.6 Å². The van der Waals surface area contributed by atoms with E-state index in [9.17, 15) is 4.39 Å². The van der Waals surface area contributed by atoms with Gasteiger partial charge in [0.05, 0.1) is 0 Å². The largest absolute Gasteiger partial charge is 0.369 e. The van der Waals surface area contributed by atoms with Crippen LogP contribution in [-0.4, -0.2) is 63.2 Å². The fourth-order valence-electron chi connectivity index (χ4n) is 3.11. The van der Waals surface area contributed by atoms with E-state index in [1.54, 1.807) is 0 Å². The maximum atomic E-state index is 13.0. The zero-order chi connectivity index (χ0) is 16.9. The molecule has 2 aliphatic rings. The van der Waals surface area contributed by atoms with Gasteiger partial charge in [-0.05, 0) is 36.6 Å². The molecule has 1 saturated carbocycles. The summed E-state index contributed by atoms with van der Waals surface area (Å²) < 4.78 is 13.0. The number of aliphatic imine (C=N–C) groups is 1. The van der Waals surface area contributed by atoms with Gasteiger partial charge in [0, 0.05) is 58.0 Å². The quantitative estimate of drug-likeness (QED) is 0.401. The third kappa shape index (κ3) is 5.99. The number of benzene rings is 1. The molecule has 7 heteroatoms. The summed E-state index contributed by atoms with van der Waals surface area (Å²) in [5.74, 6) is 1.50. The van der Waals surface area contributed by atoms with Gasteiger partial charge < -0.3 is 15.5 Å². The first-order chi connectivity index (χ1) is 11.7. The number of piperazine rings is 1. The molecule has 1 aromatic carbocycles. The van der Waals surface area contributed by atoms with E-state index in [2.05, 4.69) is 32.3 Å². The molecule has 0 radical (unpaired) electrons. The Morgan fingerprint density at radius 2 is 1.84 bits per heavy atom. The second kappa shape index (κ2) is 9.56. The number of halogens is 2. The van der Waals surface area contributed by atoms with Crippen LogP contribution in [0.3, 0.4) is 0 Å². The van der Waals surface area contributed by atoms with Gasteiger partial charge in [0.2, 0.25) is 0 Å². The van der Waals surface area contributed by atoms with Gasteiger partial charge in [0.1, 0.15) is 5.82 Å². The molecule has 1 saturated heterocycles. The zero-order valence-electron chi connectivity index (χ0n) is 15.0. The van der Waals surface area contributed by atoms with Crippen molar-refractivity contribution in [1.29, 1.82) is 0 Å². The molecule has 1 aliphatic carbocycles. The number of hydrogen-bond acceptors (Lipinski definition) is 3. The van der Waals surface area contributed by atoms with Crippen LogP contribution in [0.25, 0.3) is 0 Å². The fraction of sp³-hybridized carbons (Fsp3) is 0.611. The van der Waals surface area contributed by atoms with Crippen molar-refractivity contribution in [2.45, 2.75) is 19.4 Å². The molecule has 5 nitrogen and oxygen atoms in total. The second-order valence-electron chi connectivity index (χ2n) is 6.77. The number of nitrogens with one attached hydrogen (secondary N) is 2. The van der Waals surface area contributed by atoms with Gasteiger partial charge in [-0.25, -0.2) is 4.39 Å². The fourth-order valence-corrected chi connectivity index (χ4v) is 3.11. The first-order valence-electron chi connectivity index (χ1n) is 8.86. The second-order valence-corrected chi connectivity index (χ2v) is 6.77. The Labute approximate surface area is 167 Å². The van der Waals surface area contributed by atoms with Crippen LogP contribution in [0.4, 0.5) is 10.1 Å². The Kier molecular flexibility index (Phi) is 7.74. The van der Waals surface area contributed by atoms with Crippen LogP contribution in [0.1, 0.15) is 13.3 Å². The lowest BCUT2D eigenvalue weighted by molar-refractivity contribution is 0.261. The topological polar surface area (TPSA) is 42.9 Å². The number of hydrogen-bond donors (Lipinski definition) is 2. The Bertz CT molecular complexity index is 557. The molecule has 2 atom stereocenters. The van der Waals surface area contributed by atoms with Crippen molar-refractivity contribution in [3.05, 3.63) is 30.1 Å². The van der Waals surface area contributed by atoms with Gasteiger partial charge in [-0.1, -0.05) is 6.92 Å². The number of anilines is 1. The summed E-state index contributed by atoms with van der Waals surface area (Å²) in [5, 5.41) is 6.84. The highest BCUT2D eigenvalue weighted by molar-refractivity contribution is 14.0. The highest BCUT2D eigenvalue weighted by Crippen LogP contribution is 2.28. The predicted octanol–water partition coefficient (Wildman–Crippen LogP) is 2.14. The lowest BCUT2D eigenvalue weighted by Gasteiger charge is -2.36. The zero-order valence-corrected chi connectivity index (χ0v) is 17.4. The van der Waals surface area contributed by atoms with Crippen LogP contribution in [0.2, 0.25) is 0 Å². The molecule has 2 N–H and O–H groups in total. The minimum atomic E-state index is -0.175. The maximum absolute atomic E-state index is 13.0. The molecular weight excluding hydrogens is 432 g/mol. The lowest BCUT2D eigenvalue weighted by atomic mass is 10.2. The highest BCUT2D eigenvalue weighted by Gasteiger charge is 2.33. The van der Waals surface area contributed by atoms with Crippen LogP contribution in [-0.2, 0) is 0 Å². The normalized spacial score (nSPS) is 23.8. The minimum absolute atomic E-state index is 0. The van der Waals surface area contributed by atoms with Gasteiger partial charge >= 0.3 is 0 Å². The van der Waals surface area contributed by atoms with Crippen LogP contribution < -0.4 is 15.5 Å². The monoisotopic (exact) mass is 461 g/mol. The molecule has 3 rings (SSSR count). The van der Waals surface area contributed by atoms with Crippen LogP contribution >= 0.6 is 24.0 Å². The molecule has 0 spiro atoms. The standard InChI is InChI=1S/C18H28FN5.HI/c1-14-13-17(14)22-18(20-2)21-7-8-23-9-11-24(12-10-23)16-5-3-15(19)4-6-16;/h3-6,14,17H,7-13H2,1-2H3,(H2,20,21,22);1H. The molecule has 140 valence electrons. The molecule has 25 heavy (non-hydrogen) atoms. The first-order valence-corrected chi connectivity index (χ1v) is 8.86. The summed E-state index contributed by atoms with van der Waals surface area (Å²) in [4.78, 5) is 9.06. The highest BCUT2D eigenvalue weighted by atomic mass is 127. The summed E-state index contributed by atoms with van der Waals surface area (Å²) in [6.07, 6.45) is 1.24. The van der Waals surface area contributed by atoms with E-state index in [0.29, 0.717) is 6.04 Å². The smallest absolute Gasteiger partial charge is 0.191 e. The molecule has 1 aliphatic heterocycles. The summed E-state index contributed by atoms with van der Waals surface area (Å²) in [6.45, 7) is 8.20. The molecule has 2 fully saturated rings. The molecule has 1 aromatic rings. The lowest BCUT2D eigenvalue weighted by Crippen LogP contribution is -2.49. The van der Waals surface area contributed by atoms with Crippen LogP contribution in [0.15, 0.2) is 29.3 Å². The van der Waals surface area contributed by atoms with Gasteiger partial charge in [0.15, 0.2) is 5.96 Å². The SMILES string of the molecule is CN=C(NCCN1CCN(c2ccc(F)cc2)CC1)NC1CC1C.I. The van der Waals surface area contributed by atoms with Gasteiger partial charge in [-0.2, -0.15) is 0 Å². The van der Waals surface area contributed by atoms with Gasteiger partial charge in [-0.15, -0.1) is 24.0 Å². The average molecular weight is 461 g/mol. The minimum Gasteiger partial charge on any atom is -0.369 e. The number of rotatable bonds is 5. The average Bonchev–Trinajstić information content (AvgIpc) is 3.30. The Morgan fingerprint density at radius 1 is 1.20 bits per heavy atom. The third-order valence-electron chi connectivity index (χ3n) is 4.94. The van der Waals surface area contributed by atoms with E-state index in [4.69, 9.17) is 0 Å². The maximum Gasteiger partial charge on any atom is 0.191 e. The summed E-state index contributed by atoms with van der Waals surface area (Å²) >= 11 is 0. The molecule has 0 aromatic heterocycles. The summed E-state index contributed by atoms with van der Waals surface area (Å²) in [6, 6.07) is 7.38. The Balaban J connectivity index is 0.00000225. The van der Waals surface area contributed by atoms with Crippen molar-refractivity contribution in [2.75, 3.05) is 51.2 Å². The third-order valence-corrected chi connectivity index (χ3v) is 4.94. The van der Waals surface area contributed by atoms with Crippen molar-refractivity contribution in [1.82, 2.24) is 15.5 Å².